The van der Waals surface area contributed by atoms with Crippen molar-refractivity contribution in [2.45, 2.75) is 58.0 Å². The molecular weight excluding hydrogens is 441 g/mol. The molecule has 12 heteroatoms. The fourth-order valence-electron chi connectivity index (χ4n) is 4.12. The summed E-state index contributed by atoms with van der Waals surface area (Å²) in [5.74, 6) is -0.406. The van der Waals surface area contributed by atoms with Gasteiger partial charge in [-0.25, -0.2) is 4.98 Å². The molecule has 1 aromatic carbocycles. The van der Waals surface area contributed by atoms with Crippen molar-refractivity contribution in [3.63, 3.8) is 0 Å². The first-order chi connectivity index (χ1) is 15.7. The Morgan fingerprint density at radius 2 is 1.91 bits per heavy atom. The highest BCUT2D eigenvalue weighted by Gasteiger charge is 2.32. The summed E-state index contributed by atoms with van der Waals surface area (Å²) >= 11 is 0. The van der Waals surface area contributed by atoms with Crippen LogP contribution in [0.15, 0.2) is 24.3 Å². The number of nitrogens with two attached hydrogens (primary N) is 1. The van der Waals surface area contributed by atoms with E-state index >= 15 is 0 Å². The number of anilines is 2. The fourth-order valence-corrected chi connectivity index (χ4v) is 4.12. The molecule has 0 atom stereocenters. The van der Waals surface area contributed by atoms with Crippen molar-refractivity contribution < 1.29 is 22.8 Å². The third-order valence-electron chi connectivity index (χ3n) is 5.62. The van der Waals surface area contributed by atoms with Gasteiger partial charge in [-0.3, -0.25) is 10.1 Å². The highest BCUT2D eigenvalue weighted by molar-refractivity contribution is 5.58. The van der Waals surface area contributed by atoms with Crippen molar-refractivity contribution in [3.05, 3.63) is 45.6 Å². The molecule has 0 unspecified atom stereocenters. The largest absolute Gasteiger partial charge is 0.573 e. The van der Waals surface area contributed by atoms with Crippen LogP contribution in [0.1, 0.15) is 43.9 Å². The zero-order chi connectivity index (χ0) is 24.0. The van der Waals surface area contributed by atoms with E-state index in [0.717, 1.165) is 32.2 Å². The Kier molecular flexibility index (Phi) is 7.90. The third-order valence-corrected chi connectivity index (χ3v) is 5.62. The predicted octanol–water partition coefficient (Wildman–Crippen LogP) is 4.19. The maximum atomic E-state index is 12.6. The number of hydrogen-bond acceptors (Lipinski definition) is 8. The van der Waals surface area contributed by atoms with Crippen LogP contribution in [-0.2, 0) is 13.0 Å². The lowest BCUT2D eigenvalue weighted by atomic mass is 9.83. The van der Waals surface area contributed by atoms with Crippen molar-refractivity contribution in [3.8, 4) is 5.75 Å². The van der Waals surface area contributed by atoms with Crippen molar-refractivity contribution in [1.29, 1.82) is 0 Å². The van der Waals surface area contributed by atoms with Gasteiger partial charge in [0.05, 0.1) is 4.92 Å². The van der Waals surface area contributed by atoms with Gasteiger partial charge in [0.15, 0.2) is 0 Å². The Labute approximate surface area is 189 Å². The molecule has 0 radical (unpaired) electrons. The van der Waals surface area contributed by atoms with Gasteiger partial charge in [0, 0.05) is 18.2 Å². The van der Waals surface area contributed by atoms with Crippen LogP contribution in [0.5, 0.6) is 5.75 Å². The molecule has 0 spiro atoms. The van der Waals surface area contributed by atoms with Gasteiger partial charge < -0.3 is 21.1 Å². The van der Waals surface area contributed by atoms with E-state index in [1.807, 2.05) is 0 Å². The molecule has 0 amide bonds. The van der Waals surface area contributed by atoms with E-state index in [1.54, 1.807) is 6.07 Å². The first-order valence-electron chi connectivity index (χ1n) is 10.8. The summed E-state index contributed by atoms with van der Waals surface area (Å²) < 4.78 is 42.0. The zero-order valence-electron chi connectivity index (χ0n) is 18.2. The van der Waals surface area contributed by atoms with E-state index in [0.29, 0.717) is 12.5 Å². The second-order valence-corrected chi connectivity index (χ2v) is 7.97. The van der Waals surface area contributed by atoms with Crippen molar-refractivity contribution in [1.82, 2.24) is 15.3 Å². The second kappa shape index (κ2) is 10.6. The van der Waals surface area contributed by atoms with E-state index in [2.05, 4.69) is 32.3 Å². The maximum Gasteiger partial charge on any atom is 0.573 e. The summed E-state index contributed by atoms with van der Waals surface area (Å²) in [5, 5.41) is 17.8. The highest BCUT2D eigenvalue weighted by atomic mass is 19.4. The number of benzene rings is 1. The molecule has 2 aromatic rings. The molecule has 0 aliphatic heterocycles. The number of para-hydroxylation sites is 1. The van der Waals surface area contributed by atoms with E-state index in [4.69, 9.17) is 5.73 Å². The number of ether oxygens (including phenoxy) is 1. The van der Waals surface area contributed by atoms with Crippen LogP contribution in [0.3, 0.4) is 0 Å². The smallest absolute Gasteiger partial charge is 0.405 e. The minimum absolute atomic E-state index is 0.0104. The lowest BCUT2D eigenvalue weighted by Crippen LogP contribution is -2.33. The van der Waals surface area contributed by atoms with Gasteiger partial charge >= 0.3 is 12.0 Å². The maximum absolute atomic E-state index is 12.6. The number of nitrogens with zero attached hydrogens (tertiary/aromatic N) is 3. The molecular formula is C21H27F3N6O3. The van der Waals surface area contributed by atoms with Gasteiger partial charge in [-0.15, -0.1) is 13.2 Å². The number of nitrogen functional groups attached to an aromatic ring is 1. The van der Waals surface area contributed by atoms with E-state index < -0.39 is 11.3 Å². The summed E-state index contributed by atoms with van der Waals surface area (Å²) in [6.45, 7) is 2.87. The number of alkyl halides is 3. The number of nitro groups is 1. The third kappa shape index (κ3) is 6.91. The van der Waals surface area contributed by atoms with Gasteiger partial charge in [-0.1, -0.05) is 25.1 Å². The lowest BCUT2D eigenvalue weighted by molar-refractivity contribution is -0.385. The topological polar surface area (TPSA) is 128 Å². The molecule has 1 saturated carbocycles. The lowest BCUT2D eigenvalue weighted by Gasteiger charge is -2.28. The van der Waals surface area contributed by atoms with Crippen molar-refractivity contribution >= 4 is 17.5 Å². The number of nitrogens with one attached hydrogen (secondary N) is 2. The fraction of sp³-hybridized carbons (Fsp3) is 0.524. The summed E-state index contributed by atoms with van der Waals surface area (Å²) in [4.78, 5) is 19.2. The Morgan fingerprint density at radius 3 is 2.55 bits per heavy atom. The second-order valence-electron chi connectivity index (χ2n) is 7.97. The van der Waals surface area contributed by atoms with Crippen LogP contribution in [0, 0.1) is 16.0 Å². The van der Waals surface area contributed by atoms with Gasteiger partial charge in [-0.2, -0.15) is 4.98 Å². The van der Waals surface area contributed by atoms with Gasteiger partial charge in [-0.05, 0) is 50.6 Å². The minimum Gasteiger partial charge on any atom is -0.405 e. The summed E-state index contributed by atoms with van der Waals surface area (Å²) in [6, 6.07) is 6.11. The molecule has 1 aliphatic rings. The minimum atomic E-state index is -4.83. The first-order valence-corrected chi connectivity index (χ1v) is 10.8. The van der Waals surface area contributed by atoms with Crippen molar-refractivity contribution in [2.24, 2.45) is 5.92 Å². The monoisotopic (exact) mass is 468 g/mol. The van der Waals surface area contributed by atoms with Gasteiger partial charge in [0.1, 0.15) is 11.4 Å². The predicted molar refractivity (Wildman–Crippen MR) is 117 cm³/mol. The Hall–Kier alpha value is -3.15. The number of rotatable bonds is 9. The molecule has 1 heterocycles. The first kappa shape index (κ1) is 24.5. The zero-order valence-corrected chi connectivity index (χ0v) is 18.2. The summed E-state index contributed by atoms with van der Waals surface area (Å²) in [5.41, 5.74) is 5.98. The summed E-state index contributed by atoms with van der Waals surface area (Å²) in [7, 11) is 0. The Balaban J connectivity index is 1.75. The molecule has 1 fully saturated rings. The van der Waals surface area contributed by atoms with Crippen LogP contribution < -0.4 is 21.1 Å². The molecule has 180 valence electrons. The Morgan fingerprint density at radius 1 is 1.21 bits per heavy atom. The molecule has 1 aliphatic carbocycles. The van der Waals surface area contributed by atoms with Crippen LogP contribution in [0.4, 0.5) is 30.6 Å². The van der Waals surface area contributed by atoms with Gasteiger partial charge in [0.25, 0.3) is 0 Å². The molecule has 9 nitrogen and oxygen atoms in total. The number of halogens is 3. The molecule has 33 heavy (non-hydrogen) atoms. The average Bonchev–Trinajstić information content (AvgIpc) is 2.73. The average molecular weight is 468 g/mol. The van der Waals surface area contributed by atoms with Gasteiger partial charge in [0.2, 0.25) is 11.8 Å². The van der Waals surface area contributed by atoms with E-state index in [-0.39, 0.29) is 46.9 Å². The molecule has 0 saturated heterocycles. The van der Waals surface area contributed by atoms with E-state index in [9.17, 15) is 23.3 Å². The van der Waals surface area contributed by atoms with Crippen LogP contribution in [0.25, 0.3) is 0 Å². The SMILES string of the molecule is CCNC1CCC(Cc2nc(NCc3ccccc3OC(F)(F)F)nc(N)c2[N+](=O)[O-])CC1. The highest BCUT2D eigenvalue weighted by Crippen LogP contribution is 2.33. The molecule has 1 aromatic heterocycles. The van der Waals surface area contributed by atoms with Crippen LogP contribution >= 0.6 is 0 Å². The Bertz CT molecular complexity index is 965. The quantitative estimate of drug-likeness (QED) is 0.369. The van der Waals surface area contributed by atoms with Crippen LogP contribution in [0.2, 0.25) is 0 Å². The molecule has 3 rings (SSSR count). The van der Waals surface area contributed by atoms with Crippen LogP contribution in [-0.4, -0.2) is 33.8 Å². The molecule has 4 N–H and O–H groups in total. The molecule has 0 bridgehead atoms. The van der Waals surface area contributed by atoms with Crippen molar-refractivity contribution in [2.75, 3.05) is 17.6 Å². The summed E-state index contributed by atoms with van der Waals surface area (Å²) in [6.07, 6.45) is -0.678. The van der Waals surface area contributed by atoms with E-state index in [1.165, 1.54) is 18.2 Å². The number of hydrogen-bond donors (Lipinski definition) is 3. The number of aromatic nitrogens is 2. The normalized spacial score (nSPS) is 18.7. The standard InChI is InChI=1S/C21H27F3N6O3/c1-2-26-15-9-7-13(8-10-15)11-16-18(30(31)32)19(25)29-20(28-16)27-12-14-5-3-4-6-17(14)33-21(22,23)24/h3-6,13,15,26H,2,7-12H2,1H3,(H3,25,27,28,29).